The molecule has 2 aliphatic rings. The van der Waals surface area contributed by atoms with Gasteiger partial charge in [0.1, 0.15) is 0 Å². The molecule has 2 nitrogen and oxygen atoms in total. The maximum absolute atomic E-state index is 12.5. The molecule has 0 aromatic carbocycles. The van der Waals surface area contributed by atoms with Crippen molar-refractivity contribution in [3.63, 3.8) is 0 Å². The van der Waals surface area contributed by atoms with Crippen LogP contribution in [0.5, 0.6) is 0 Å². The van der Waals surface area contributed by atoms with E-state index in [1.165, 1.54) is 0 Å². The van der Waals surface area contributed by atoms with E-state index in [-0.39, 0.29) is 12.1 Å². The zero-order valence-electron chi connectivity index (χ0n) is 9.56. The van der Waals surface area contributed by atoms with Gasteiger partial charge in [-0.05, 0) is 45.2 Å². The second-order valence-electron chi connectivity index (χ2n) is 4.98. The van der Waals surface area contributed by atoms with Gasteiger partial charge in [0.05, 0.1) is 6.54 Å². The molecule has 0 amide bonds. The molecule has 1 N–H and O–H groups in total. The molecular weight excluding hydrogens is 217 g/mol. The number of nitrogens with one attached hydrogen (secondary N) is 1. The fourth-order valence-corrected chi connectivity index (χ4v) is 2.62. The molecular formula is C11H19F3N2. The first-order valence-electron chi connectivity index (χ1n) is 5.98. The van der Waals surface area contributed by atoms with E-state index >= 15 is 0 Å². The van der Waals surface area contributed by atoms with Crippen molar-refractivity contribution >= 4 is 0 Å². The van der Waals surface area contributed by atoms with Crippen molar-refractivity contribution in [2.75, 3.05) is 20.1 Å². The van der Waals surface area contributed by atoms with Crippen molar-refractivity contribution in [3.05, 3.63) is 0 Å². The molecule has 0 aliphatic heterocycles. The summed E-state index contributed by atoms with van der Waals surface area (Å²) in [5, 5.41) is 3.07. The van der Waals surface area contributed by atoms with Crippen LogP contribution in [0.2, 0.25) is 0 Å². The van der Waals surface area contributed by atoms with Gasteiger partial charge in [-0.15, -0.1) is 0 Å². The van der Waals surface area contributed by atoms with Gasteiger partial charge in [0.15, 0.2) is 0 Å². The summed E-state index contributed by atoms with van der Waals surface area (Å²) in [6.07, 6.45) is -0.175. The van der Waals surface area contributed by atoms with Crippen molar-refractivity contribution in [2.24, 2.45) is 5.92 Å². The highest BCUT2D eigenvalue weighted by molar-refractivity contribution is 4.97. The predicted molar refractivity (Wildman–Crippen MR) is 56.2 cm³/mol. The van der Waals surface area contributed by atoms with Gasteiger partial charge in [-0.3, -0.25) is 4.90 Å². The molecule has 0 bridgehead atoms. The molecule has 0 aromatic rings. The summed E-state index contributed by atoms with van der Waals surface area (Å²) in [4.78, 5) is 1.70. The Bertz CT molecular complexity index is 238. The molecule has 94 valence electrons. The SMILES string of the molecule is CNCC1CCC1N(CC(F)(F)F)C1CC1. The zero-order chi connectivity index (χ0) is 11.8. The number of alkyl halides is 3. The molecule has 2 fully saturated rings. The fourth-order valence-electron chi connectivity index (χ4n) is 2.62. The van der Waals surface area contributed by atoms with Gasteiger partial charge in [-0.25, -0.2) is 0 Å². The third-order valence-electron chi connectivity index (χ3n) is 3.65. The van der Waals surface area contributed by atoms with Gasteiger partial charge in [-0.1, -0.05) is 0 Å². The van der Waals surface area contributed by atoms with Crippen LogP contribution in [0.1, 0.15) is 25.7 Å². The van der Waals surface area contributed by atoms with Gasteiger partial charge >= 0.3 is 6.18 Å². The predicted octanol–water partition coefficient (Wildman–Crippen LogP) is 2.01. The lowest BCUT2D eigenvalue weighted by Gasteiger charge is -2.45. The van der Waals surface area contributed by atoms with E-state index in [2.05, 4.69) is 5.32 Å². The van der Waals surface area contributed by atoms with Crippen molar-refractivity contribution in [3.8, 4) is 0 Å². The maximum atomic E-state index is 12.5. The summed E-state index contributed by atoms with van der Waals surface area (Å²) in [6.45, 7) is 0.119. The highest BCUT2D eigenvalue weighted by Gasteiger charge is 2.46. The molecule has 0 saturated heterocycles. The first-order valence-corrected chi connectivity index (χ1v) is 5.98. The van der Waals surface area contributed by atoms with E-state index in [0.29, 0.717) is 5.92 Å². The fraction of sp³-hybridized carbons (Fsp3) is 1.00. The first-order chi connectivity index (χ1) is 7.51. The zero-order valence-corrected chi connectivity index (χ0v) is 9.56. The molecule has 16 heavy (non-hydrogen) atoms. The summed E-state index contributed by atoms with van der Waals surface area (Å²) >= 11 is 0. The Labute approximate surface area is 94.2 Å². The Kier molecular flexibility index (Phi) is 3.45. The molecule has 2 rings (SSSR count). The first kappa shape index (κ1) is 12.2. The third kappa shape index (κ3) is 2.88. The van der Waals surface area contributed by atoms with Gasteiger partial charge in [0.25, 0.3) is 0 Å². The van der Waals surface area contributed by atoms with E-state index in [9.17, 15) is 13.2 Å². The number of rotatable bonds is 5. The normalized spacial score (nSPS) is 30.6. The second kappa shape index (κ2) is 4.53. The van der Waals surface area contributed by atoms with Gasteiger partial charge < -0.3 is 5.32 Å². The monoisotopic (exact) mass is 236 g/mol. The third-order valence-corrected chi connectivity index (χ3v) is 3.65. The summed E-state index contributed by atoms with van der Waals surface area (Å²) in [5.41, 5.74) is 0. The lowest BCUT2D eigenvalue weighted by Crippen LogP contribution is -2.53. The Hall–Kier alpha value is -0.290. The van der Waals surface area contributed by atoms with Crippen LogP contribution in [0.4, 0.5) is 13.2 Å². The van der Waals surface area contributed by atoms with Gasteiger partial charge in [0, 0.05) is 12.1 Å². The van der Waals surface area contributed by atoms with Crippen LogP contribution in [0.3, 0.4) is 0 Å². The van der Waals surface area contributed by atoms with Crippen LogP contribution < -0.4 is 5.32 Å². The van der Waals surface area contributed by atoms with E-state index < -0.39 is 12.7 Å². The molecule has 5 heteroatoms. The van der Waals surface area contributed by atoms with Crippen molar-refractivity contribution in [1.29, 1.82) is 0 Å². The Morgan fingerprint density at radius 1 is 1.19 bits per heavy atom. The lowest BCUT2D eigenvalue weighted by atomic mass is 9.78. The molecule has 0 spiro atoms. The lowest BCUT2D eigenvalue weighted by molar-refractivity contribution is -0.160. The highest BCUT2D eigenvalue weighted by atomic mass is 19.4. The number of halogens is 3. The standard InChI is InChI=1S/C11H19F3N2/c1-15-6-8-2-5-10(8)16(9-3-4-9)7-11(12,13)14/h8-10,15H,2-7H2,1H3. The Balaban J connectivity index is 1.91. The average Bonchev–Trinajstić information content (AvgIpc) is 2.92. The summed E-state index contributed by atoms with van der Waals surface area (Å²) < 4.78 is 37.4. The van der Waals surface area contributed by atoms with Crippen LogP contribution >= 0.6 is 0 Å². The summed E-state index contributed by atoms with van der Waals surface area (Å²) in [6, 6.07) is 0.354. The highest BCUT2D eigenvalue weighted by Crippen LogP contribution is 2.40. The molecule has 0 heterocycles. The number of nitrogens with zero attached hydrogens (tertiary/aromatic N) is 1. The van der Waals surface area contributed by atoms with E-state index in [1.54, 1.807) is 4.90 Å². The van der Waals surface area contributed by atoms with Crippen LogP contribution in [-0.4, -0.2) is 43.3 Å². The summed E-state index contributed by atoms with van der Waals surface area (Å²) in [7, 11) is 1.86. The van der Waals surface area contributed by atoms with Crippen LogP contribution in [0.25, 0.3) is 0 Å². The maximum Gasteiger partial charge on any atom is 0.401 e. The summed E-state index contributed by atoms with van der Waals surface area (Å²) in [5.74, 6) is 0.410. The van der Waals surface area contributed by atoms with Crippen molar-refractivity contribution < 1.29 is 13.2 Å². The molecule has 2 atom stereocenters. The minimum atomic E-state index is -4.05. The minimum Gasteiger partial charge on any atom is -0.319 e. The van der Waals surface area contributed by atoms with Crippen molar-refractivity contribution in [1.82, 2.24) is 10.2 Å². The second-order valence-corrected chi connectivity index (χ2v) is 4.98. The Morgan fingerprint density at radius 2 is 1.88 bits per heavy atom. The number of hydrogen-bond donors (Lipinski definition) is 1. The quantitative estimate of drug-likeness (QED) is 0.785. The average molecular weight is 236 g/mol. The minimum absolute atomic E-state index is 0.154. The van der Waals surface area contributed by atoms with Crippen molar-refractivity contribution in [2.45, 2.75) is 43.9 Å². The topological polar surface area (TPSA) is 15.3 Å². The van der Waals surface area contributed by atoms with Gasteiger partial charge in [0.2, 0.25) is 0 Å². The van der Waals surface area contributed by atoms with E-state index in [0.717, 1.165) is 32.2 Å². The van der Waals surface area contributed by atoms with Gasteiger partial charge in [-0.2, -0.15) is 13.2 Å². The number of hydrogen-bond acceptors (Lipinski definition) is 2. The molecule has 0 aromatic heterocycles. The molecule has 0 radical (unpaired) electrons. The Morgan fingerprint density at radius 3 is 2.25 bits per heavy atom. The molecule has 2 unspecified atom stereocenters. The van der Waals surface area contributed by atoms with Crippen LogP contribution in [0.15, 0.2) is 0 Å². The largest absolute Gasteiger partial charge is 0.401 e. The molecule has 2 aliphatic carbocycles. The van der Waals surface area contributed by atoms with Crippen LogP contribution in [0, 0.1) is 5.92 Å². The van der Waals surface area contributed by atoms with E-state index in [4.69, 9.17) is 0 Å². The smallest absolute Gasteiger partial charge is 0.319 e. The molecule has 2 saturated carbocycles. The van der Waals surface area contributed by atoms with Crippen LogP contribution in [-0.2, 0) is 0 Å². The van der Waals surface area contributed by atoms with E-state index in [1.807, 2.05) is 7.05 Å².